The topological polar surface area (TPSA) is 0 Å². The van der Waals surface area contributed by atoms with Gasteiger partial charge in [0.1, 0.15) is 0 Å². The first-order chi connectivity index (χ1) is 2.00. The lowest BCUT2D eigenvalue weighted by atomic mass is 11.6. The second-order valence-electron chi connectivity index (χ2n) is 0.429. The van der Waals surface area contributed by atoms with Crippen LogP contribution in [0, 0.1) is 0 Å². The summed E-state index contributed by atoms with van der Waals surface area (Å²) in [5.74, 6) is 0. The molecular formula is CH2ClF3Mg. The van der Waals surface area contributed by atoms with Crippen LogP contribution in [-0.2, 0) is 0 Å². The van der Waals surface area contributed by atoms with Crippen molar-refractivity contribution >= 4 is 34.7 Å². The van der Waals surface area contributed by atoms with Crippen LogP contribution in [0.25, 0.3) is 0 Å². The summed E-state index contributed by atoms with van der Waals surface area (Å²) in [6, 6.07) is 0. The first-order valence-corrected chi connectivity index (χ1v) is 1.13. The molecule has 0 aliphatic rings. The molecule has 0 saturated heterocycles. The molecule has 6 heavy (non-hydrogen) atoms. The van der Waals surface area contributed by atoms with Gasteiger partial charge in [-0.1, -0.05) is 0 Å². The molecule has 0 spiro atoms. The third kappa shape index (κ3) is 100. The molecule has 0 rings (SSSR count). The molecule has 0 atom stereocenters. The van der Waals surface area contributed by atoms with Gasteiger partial charge in [-0.15, -0.1) is 0 Å². The molecule has 0 aromatic rings. The van der Waals surface area contributed by atoms with Gasteiger partial charge < -0.3 is 0 Å². The van der Waals surface area contributed by atoms with Gasteiger partial charge in [0.2, 0.25) is 0 Å². The molecule has 36 valence electrons. The molecule has 5 heteroatoms. The maximum atomic E-state index is 10.1. The van der Waals surface area contributed by atoms with E-state index in [1.54, 1.807) is 0 Å². The fourth-order valence-electron chi connectivity index (χ4n) is 0. The normalized spacial score (nSPS) is 10.0. The van der Waals surface area contributed by atoms with Crippen molar-refractivity contribution in [3.05, 3.63) is 0 Å². The minimum Gasteiger partial charge on any atom is -0.156 e. The zero-order chi connectivity index (χ0) is 4.50. The van der Waals surface area contributed by atoms with Crippen molar-refractivity contribution in [2.45, 2.75) is 5.64 Å². The maximum absolute atomic E-state index is 10.1. The van der Waals surface area contributed by atoms with Crippen molar-refractivity contribution in [3.63, 3.8) is 0 Å². The first kappa shape index (κ1) is 9.96. The molecule has 0 aliphatic carbocycles. The van der Waals surface area contributed by atoms with Crippen LogP contribution in [-0.4, -0.2) is 28.7 Å². The van der Waals surface area contributed by atoms with Crippen LogP contribution in [0.5, 0.6) is 0 Å². The van der Waals surface area contributed by atoms with Gasteiger partial charge in [0.05, 0.1) is 0 Å². The molecule has 0 saturated carbocycles. The van der Waals surface area contributed by atoms with Crippen LogP contribution in [0.15, 0.2) is 0 Å². The molecule has 0 N–H and O–H groups in total. The first-order valence-electron chi connectivity index (χ1n) is 0.756. The van der Waals surface area contributed by atoms with Gasteiger partial charge in [0.25, 0.3) is 0 Å². The van der Waals surface area contributed by atoms with Gasteiger partial charge in [-0.3, -0.25) is 0 Å². The fraction of sp³-hybridized carbons (Fsp3) is 1.00. The molecule has 0 unspecified atom stereocenters. The zero-order valence-corrected chi connectivity index (χ0v) is 2.77. The Morgan fingerprint density at radius 2 is 1.17 bits per heavy atom. The van der Waals surface area contributed by atoms with Crippen LogP contribution in [0.2, 0.25) is 0 Å². The summed E-state index contributed by atoms with van der Waals surface area (Å²) in [4.78, 5) is 0. The summed E-state index contributed by atoms with van der Waals surface area (Å²) in [6.45, 7) is 0. The molecule has 0 aromatic heterocycles. The van der Waals surface area contributed by atoms with Crippen molar-refractivity contribution < 1.29 is 13.2 Å². The van der Waals surface area contributed by atoms with Gasteiger partial charge in [0, 0.05) is 0 Å². The van der Waals surface area contributed by atoms with Crippen LogP contribution in [0.1, 0.15) is 0 Å². The Bertz CT molecular complexity index is 26.3. The Hall–Kier alpha value is 0.846. The van der Waals surface area contributed by atoms with Crippen molar-refractivity contribution in [2.75, 3.05) is 0 Å². The van der Waals surface area contributed by atoms with Crippen molar-refractivity contribution in [2.24, 2.45) is 0 Å². The predicted octanol–water partition coefficient (Wildman–Crippen LogP) is 0.829. The molecule has 0 aliphatic heterocycles. The quantitative estimate of drug-likeness (QED) is 0.337. The summed E-state index contributed by atoms with van der Waals surface area (Å²) in [6.07, 6.45) is 0. The van der Waals surface area contributed by atoms with Crippen LogP contribution >= 0.6 is 11.6 Å². The summed E-state index contributed by atoms with van der Waals surface area (Å²) in [5, 5.41) is 0. The molecule has 0 bridgehead atoms. The summed E-state index contributed by atoms with van der Waals surface area (Å²) >= 11 is 3.53. The van der Waals surface area contributed by atoms with Crippen molar-refractivity contribution in [1.29, 1.82) is 0 Å². The average Bonchev–Trinajstić information content (AvgIpc) is 0.722. The van der Waals surface area contributed by atoms with Gasteiger partial charge in [-0.05, 0) is 11.6 Å². The Morgan fingerprint density at radius 1 is 1.17 bits per heavy atom. The maximum Gasteiger partial charge on any atom is 0.475 e. The van der Waals surface area contributed by atoms with E-state index in [9.17, 15) is 13.2 Å². The molecule has 0 nitrogen and oxygen atoms in total. The highest BCUT2D eigenvalue weighted by Crippen LogP contribution is 2.18. The third-order valence-electron chi connectivity index (χ3n) is 0. The van der Waals surface area contributed by atoms with Crippen molar-refractivity contribution in [3.8, 4) is 0 Å². The average molecular weight is 131 g/mol. The Balaban J connectivity index is 0. The van der Waals surface area contributed by atoms with Gasteiger partial charge in [0.15, 0.2) is 0 Å². The molecule has 0 fully saturated rings. The minimum absolute atomic E-state index is 0. The summed E-state index contributed by atoms with van der Waals surface area (Å²) < 4.78 is 30.4. The third-order valence-corrected chi connectivity index (χ3v) is 0. The highest BCUT2D eigenvalue weighted by Gasteiger charge is 2.20. The SMILES string of the molecule is FC(F)(F)Cl.[MgH2]. The van der Waals surface area contributed by atoms with E-state index in [1.165, 1.54) is 0 Å². The lowest BCUT2D eigenvalue weighted by molar-refractivity contribution is -0.0420. The molecule has 0 heterocycles. The van der Waals surface area contributed by atoms with Crippen LogP contribution in [0.4, 0.5) is 13.2 Å². The Kier molecular flexibility index (Phi) is 4.86. The van der Waals surface area contributed by atoms with E-state index in [0.717, 1.165) is 0 Å². The van der Waals surface area contributed by atoms with Crippen molar-refractivity contribution in [1.82, 2.24) is 0 Å². The Morgan fingerprint density at radius 3 is 1.17 bits per heavy atom. The van der Waals surface area contributed by atoms with E-state index >= 15 is 0 Å². The van der Waals surface area contributed by atoms with E-state index in [4.69, 9.17) is 0 Å². The smallest absolute Gasteiger partial charge is 0.156 e. The van der Waals surface area contributed by atoms with Crippen LogP contribution < -0.4 is 0 Å². The van der Waals surface area contributed by atoms with E-state index in [2.05, 4.69) is 11.6 Å². The lowest BCUT2D eigenvalue weighted by Gasteiger charge is -1.84. The highest BCUT2D eigenvalue weighted by atomic mass is 35.5. The standard InChI is InChI=1S/CClF3.Mg.2H/c2-1(3,4)5;;;. The lowest BCUT2D eigenvalue weighted by Crippen LogP contribution is -1.89. The second kappa shape index (κ2) is 2.93. The second-order valence-corrected chi connectivity index (χ2v) is 0.857. The summed E-state index contributed by atoms with van der Waals surface area (Å²) in [5.41, 5.74) is -4.53. The van der Waals surface area contributed by atoms with E-state index < -0.39 is 5.64 Å². The molecule has 0 aromatic carbocycles. The predicted molar refractivity (Wildman–Crippen MR) is 20.5 cm³/mol. The number of halogens is 4. The summed E-state index contributed by atoms with van der Waals surface area (Å²) in [7, 11) is 0. The highest BCUT2D eigenvalue weighted by molar-refractivity contribution is 6.20. The van der Waals surface area contributed by atoms with Gasteiger partial charge in [-0.2, -0.15) is 13.2 Å². The van der Waals surface area contributed by atoms with Gasteiger partial charge >= 0.3 is 28.7 Å². The van der Waals surface area contributed by atoms with E-state index in [-0.39, 0.29) is 23.1 Å². The largest absolute Gasteiger partial charge is 0.475 e. The molecule has 0 amide bonds. The van der Waals surface area contributed by atoms with Gasteiger partial charge in [-0.25, -0.2) is 0 Å². The number of rotatable bonds is 0. The number of alkyl halides is 4. The number of hydrogen-bond acceptors (Lipinski definition) is 0. The Labute approximate surface area is 53.8 Å². The van der Waals surface area contributed by atoms with E-state index in [1.807, 2.05) is 0 Å². The van der Waals surface area contributed by atoms with E-state index in [0.29, 0.717) is 0 Å². The zero-order valence-electron chi connectivity index (χ0n) is 2.01. The fourth-order valence-corrected chi connectivity index (χ4v) is 0. The molecule has 0 radical (unpaired) electrons. The minimum atomic E-state index is -4.53. The number of hydrogen-bond donors (Lipinski definition) is 0. The van der Waals surface area contributed by atoms with Crippen LogP contribution in [0.3, 0.4) is 0 Å². The molecular weight excluding hydrogens is 129 g/mol. The monoisotopic (exact) mass is 130 g/mol.